The molecule has 0 rings (SSSR count). The van der Waals surface area contributed by atoms with Crippen molar-refractivity contribution in [3.8, 4) is 0 Å². The summed E-state index contributed by atoms with van der Waals surface area (Å²) in [5.41, 5.74) is 1.25. The molecule has 0 fully saturated rings. The molecule has 78 valence electrons. The average molecular weight is 186 g/mol. The maximum atomic E-state index is 5.23. The van der Waals surface area contributed by atoms with Gasteiger partial charge in [-0.1, -0.05) is 26.0 Å². The van der Waals surface area contributed by atoms with Crippen molar-refractivity contribution in [3.63, 3.8) is 0 Å². The highest BCUT2D eigenvalue weighted by atomic mass is 16.7. The van der Waals surface area contributed by atoms with Gasteiger partial charge in [-0.05, 0) is 25.2 Å². The second kappa shape index (κ2) is 7.10. The Morgan fingerprint density at radius 3 is 2.46 bits per heavy atom. The van der Waals surface area contributed by atoms with Crippen molar-refractivity contribution in [2.24, 2.45) is 11.8 Å². The third-order valence-corrected chi connectivity index (χ3v) is 2.55. The molecule has 0 aromatic carbocycles. The van der Waals surface area contributed by atoms with Crippen molar-refractivity contribution >= 4 is 0 Å². The van der Waals surface area contributed by atoms with Crippen molar-refractivity contribution in [1.82, 2.24) is 0 Å². The van der Waals surface area contributed by atoms with Gasteiger partial charge in [-0.3, -0.25) is 0 Å². The third kappa shape index (κ3) is 5.83. The van der Waals surface area contributed by atoms with Crippen molar-refractivity contribution in [3.05, 3.63) is 12.2 Å². The highest BCUT2D eigenvalue weighted by Crippen LogP contribution is 2.21. The first-order valence-electron chi connectivity index (χ1n) is 4.81. The fourth-order valence-electron chi connectivity index (χ4n) is 1.15. The highest BCUT2D eigenvalue weighted by Gasteiger charge is 2.11. The molecule has 0 unspecified atom stereocenters. The molecule has 0 bridgehead atoms. The molecule has 0 aliphatic carbocycles. The van der Waals surface area contributed by atoms with Gasteiger partial charge in [-0.15, -0.1) is 0 Å². The minimum atomic E-state index is 0.397. The lowest BCUT2D eigenvalue weighted by molar-refractivity contribution is -0.0349. The van der Waals surface area contributed by atoms with Crippen LogP contribution >= 0.6 is 0 Å². The number of rotatable bonds is 7. The topological polar surface area (TPSA) is 18.5 Å². The van der Waals surface area contributed by atoms with Gasteiger partial charge in [0.1, 0.15) is 6.79 Å². The van der Waals surface area contributed by atoms with E-state index in [9.17, 15) is 0 Å². The largest absolute Gasteiger partial charge is 0.359 e. The monoisotopic (exact) mass is 186 g/mol. The molecule has 0 heterocycles. The summed E-state index contributed by atoms with van der Waals surface area (Å²) in [6, 6.07) is 0. The maximum absolute atomic E-state index is 5.23. The highest BCUT2D eigenvalue weighted by molar-refractivity contribution is 4.95. The minimum Gasteiger partial charge on any atom is -0.359 e. The van der Waals surface area contributed by atoms with Crippen LogP contribution in [0.3, 0.4) is 0 Å². The summed E-state index contributed by atoms with van der Waals surface area (Å²) in [4.78, 5) is 0. The molecule has 13 heavy (non-hydrogen) atoms. The van der Waals surface area contributed by atoms with Crippen molar-refractivity contribution < 1.29 is 9.47 Å². The quantitative estimate of drug-likeness (QED) is 0.346. The number of hydrogen-bond donors (Lipinski definition) is 0. The minimum absolute atomic E-state index is 0.397. The van der Waals surface area contributed by atoms with E-state index in [1.165, 1.54) is 5.57 Å². The van der Waals surface area contributed by atoms with Gasteiger partial charge in [-0.2, -0.15) is 0 Å². The number of methoxy groups -OCH3 is 1. The Morgan fingerprint density at radius 2 is 2.00 bits per heavy atom. The van der Waals surface area contributed by atoms with Gasteiger partial charge in [0, 0.05) is 13.7 Å². The Morgan fingerprint density at radius 1 is 1.38 bits per heavy atom. The summed E-state index contributed by atoms with van der Waals surface area (Å²) >= 11 is 0. The van der Waals surface area contributed by atoms with Crippen LogP contribution in [-0.2, 0) is 9.47 Å². The molecule has 0 spiro atoms. The molecule has 0 aliphatic heterocycles. The first kappa shape index (κ1) is 12.7. The fraction of sp³-hybridized carbons (Fsp3) is 0.818. The molecule has 0 saturated carbocycles. The molecule has 0 amide bonds. The standard InChI is InChI=1S/C11H22O2/c1-9(2)11(4)10(3)6-7-13-8-12-5/h10-11H,1,6-8H2,2-5H3/t10-,11+/m0/s1. The van der Waals surface area contributed by atoms with Crippen LogP contribution in [-0.4, -0.2) is 20.5 Å². The fourth-order valence-corrected chi connectivity index (χ4v) is 1.15. The summed E-state index contributed by atoms with van der Waals surface area (Å²) in [6.45, 7) is 11.6. The Kier molecular flexibility index (Phi) is 6.92. The Balaban J connectivity index is 3.50. The van der Waals surface area contributed by atoms with Crippen molar-refractivity contribution in [1.29, 1.82) is 0 Å². The smallest absolute Gasteiger partial charge is 0.146 e. The Labute approximate surface area is 81.9 Å². The van der Waals surface area contributed by atoms with Crippen LogP contribution in [0.15, 0.2) is 12.2 Å². The lowest BCUT2D eigenvalue weighted by Crippen LogP contribution is -2.12. The molecule has 0 aliphatic rings. The average Bonchev–Trinajstić information content (AvgIpc) is 2.10. The van der Waals surface area contributed by atoms with E-state index in [2.05, 4.69) is 27.4 Å². The second-order valence-corrected chi connectivity index (χ2v) is 3.72. The van der Waals surface area contributed by atoms with E-state index in [4.69, 9.17) is 9.47 Å². The molecule has 0 radical (unpaired) electrons. The summed E-state index contributed by atoms with van der Waals surface area (Å²) < 4.78 is 10.0. The van der Waals surface area contributed by atoms with Crippen LogP contribution in [0.1, 0.15) is 27.2 Å². The van der Waals surface area contributed by atoms with Gasteiger partial charge < -0.3 is 9.47 Å². The SMILES string of the molecule is C=C(C)[C@@H](C)[C@@H](C)CCOCOC. The molecule has 0 saturated heterocycles. The van der Waals surface area contributed by atoms with E-state index < -0.39 is 0 Å². The zero-order valence-corrected chi connectivity index (χ0v) is 9.30. The zero-order chi connectivity index (χ0) is 10.3. The number of ether oxygens (including phenoxy) is 2. The summed E-state index contributed by atoms with van der Waals surface area (Å²) in [7, 11) is 1.64. The van der Waals surface area contributed by atoms with E-state index in [1.807, 2.05) is 0 Å². The van der Waals surface area contributed by atoms with E-state index in [0.717, 1.165) is 13.0 Å². The molecule has 0 aromatic rings. The van der Waals surface area contributed by atoms with E-state index in [-0.39, 0.29) is 0 Å². The molecule has 2 atom stereocenters. The molecular weight excluding hydrogens is 164 g/mol. The predicted molar refractivity (Wildman–Crippen MR) is 55.6 cm³/mol. The lowest BCUT2D eigenvalue weighted by Gasteiger charge is -2.19. The predicted octanol–water partition coefficient (Wildman–Crippen LogP) is 2.85. The Bertz CT molecular complexity index is 143. The van der Waals surface area contributed by atoms with Gasteiger partial charge in [0.2, 0.25) is 0 Å². The van der Waals surface area contributed by atoms with Crippen LogP contribution in [0, 0.1) is 11.8 Å². The molecule has 0 N–H and O–H groups in total. The van der Waals surface area contributed by atoms with Crippen molar-refractivity contribution in [2.45, 2.75) is 27.2 Å². The van der Waals surface area contributed by atoms with Crippen LogP contribution in [0.25, 0.3) is 0 Å². The zero-order valence-electron chi connectivity index (χ0n) is 9.30. The van der Waals surface area contributed by atoms with Gasteiger partial charge in [0.25, 0.3) is 0 Å². The number of hydrogen-bond acceptors (Lipinski definition) is 2. The van der Waals surface area contributed by atoms with Crippen LogP contribution in [0.4, 0.5) is 0 Å². The van der Waals surface area contributed by atoms with Crippen molar-refractivity contribution in [2.75, 3.05) is 20.5 Å². The van der Waals surface area contributed by atoms with E-state index in [0.29, 0.717) is 18.6 Å². The van der Waals surface area contributed by atoms with Crippen LogP contribution < -0.4 is 0 Å². The maximum Gasteiger partial charge on any atom is 0.146 e. The summed E-state index contributed by atoms with van der Waals surface area (Å²) in [5, 5.41) is 0. The Hall–Kier alpha value is -0.340. The van der Waals surface area contributed by atoms with Gasteiger partial charge in [0.05, 0.1) is 0 Å². The molecule has 0 aromatic heterocycles. The van der Waals surface area contributed by atoms with Gasteiger partial charge in [-0.25, -0.2) is 0 Å². The van der Waals surface area contributed by atoms with E-state index in [1.54, 1.807) is 7.11 Å². The first-order valence-corrected chi connectivity index (χ1v) is 4.81. The first-order chi connectivity index (χ1) is 6.09. The lowest BCUT2D eigenvalue weighted by atomic mass is 9.88. The van der Waals surface area contributed by atoms with Crippen LogP contribution in [0.2, 0.25) is 0 Å². The van der Waals surface area contributed by atoms with Gasteiger partial charge in [0.15, 0.2) is 0 Å². The summed E-state index contributed by atoms with van der Waals surface area (Å²) in [6.07, 6.45) is 1.07. The second-order valence-electron chi connectivity index (χ2n) is 3.72. The molecular formula is C11H22O2. The summed E-state index contributed by atoms with van der Waals surface area (Å²) in [5.74, 6) is 1.21. The third-order valence-electron chi connectivity index (χ3n) is 2.55. The molecule has 2 nitrogen and oxygen atoms in total. The van der Waals surface area contributed by atoms with Gasteiger partial charge >= 0.3 is 0 Å². The molecule has 2 heteroatoms. The van der Waals surface area contributed by atoms with E-state index >= 15 is 0 Å². The normalized spacial score (nSPS) is 15.4. The van der Waals surface area contributed by atoms with Crippen LogP contribution in [0.5, 0.6) is 0 Å². The number of allylic oxidation sites excluding steroid dienone is 1.